The summed E-state index contributed by atoms with van der Waals surface area (Å²) in [6.07, 6.45) is 1.03. The van der Waals surface area contributed by atoms with E-state index in [1.54, 1.807) is 0 Å². The first-order valence-electron chi connectivity index (χ1n) is 3.09. The van der Waals surface area contributed by atoms with Crippen LogP contribution in [0.2, 0.25) is 0 Å². The summed E-state index contributed by atoms with van der Waals surface area (Å²) in [5, 5.41) is 19.8. The van der Waals surface area contributed by atoms with Gasteiger partial charge in [0.05, 0.1) is 0 Å². The van der Waals surface area contributed by atoms with Gasteiger partial charge in [0, 0.05) is 4.85 Å². The van der Waals surface area contributed by atoms with E-state index >= 15 is 0 Å². The fraction of sp³-hybridized carbons (Fsp3) is 0. The monoisotopic (exact) mass is 170 g/mol. The third-order valence-electron chi connectivity index (χ3n) is 1.59. The van der Waals surface area contributed by atoms with Gasteiger partial charge in [-0.25, -0.2) is 0 Å². The number of nitrogens with two attached hydrogens (primary N) is 2. The molecule has 0 aliphatic rings. The van der Waals surface area contributed by atoms with Crippen molar-refractivity contribution in [2.75, 3.05) is 11.5 Å². The van der Waals surface area contributed by atoms with E-state index in [1.165, 1.54) is 0 Å². The molecule has 7 heteroatoms. The van der Waals surface area contributed by atoms with Gasteiger partial charge in [0.2, 0.25) is 17.0 Å². The van der Waals surface area contributed by atoms with E-state index < -0.39 is 0 Å². The highest BCUT2D eigenvalue weighted by molar-refractivity contribution is 5.91. The van der Waals surface area contributed by atoms with E-state index in [1.807, 2.05) is 0 Å². The van der Waals surface area contributed by atoms with Gasteiger partial charge in [-0.05, 0) is 4.85 Å². The van der Waals surface area contributed by atoms with Crippen molar-refractivity contribution >= 4 is 22.7 Å². The molecule has 12 heavy (non-hydrogen) atoms. The first-order valence-corrected chi connectivity index (χ1v) is 3.09. The zero-order valence-corrected chi connectivity index (χ0v) is 5.89. The van der Waals surface area contributed by atoms with Crippen LogP contribution in [0.1, 0.15) is 0 Å². The molecule has 0 unspecified atom stereocenters. The van der Waals surface area contributed by atoms with Crippen LogP contribution in [0.3, 0.4) is 0 Å². The Bertz CT molecular complexity index is 405. The van der Waals surface area contributed by atoms with Gasteiger partial charge in [-0.1, -0.05) is 0 Å². The van der Waals surface area contributed by atoms with Crippen LogP contribution in [0, 0.1) is 5.21 Å². The Kier molecular flexibility index (Phi) is 0.972. The third-order valence-corrected chi connectivity index (χ3v) is 1.59. The number of fused-ring (bicyclic) bond motifs is 1. The molecule has 2 aromatic rings. The topological polar surface area (TPSA) is 117 Å². The molecule has 64 valence electrons. The molecule has 0 aromatic carbocycles. The highest BCUT2D eigenvalue weighted by Gasteiger charge is 2.20. The number of anilines is 2. The standard InChI is InChI=1S/C5H6N4O3/c6-3-4-2(12-5(3)7)1-8(10)9(4)11/h1,11H,6-7H2. The molecule has 0 aliphatic carbocycles. The summed E-state index contributed by atoms with van der Waals surface area (Å²) in [5.74, 6) is -0.0107. The molecule has 0 bridgehead atoms. The molecule has 0 amide bonds. The normalized spacial score (nSPS) is 11.0. The van der Waals surface area contributed by atoms with Gasteiger partial charge in [-0.2, -0.15) is 0 Å². The van der Waals surface area contributed by atoms with E-state index in [2.05, 4.69) is 0 Å². The minimum Gasteiger partial charge on any atom is -0.593 e. The van der Waals surface area contributed by atoms with E-state index in [9.17, 15) is 5.21 Å². The number of nitrogens with zero attached hydrogens (tertiary/aromatic N) is 2. The van der Waals surface area contributed by atoms with Crippen molar-refractivity contribution in [2.24, 2.45) is 0 Å². The van der Waals surface area contributed by atoms with E-state index in [0.717, 1.165) is 6.20 Å². The zero-order chi connectivity index (χ0) is 8.88. The number of hydrogen-bond donors (Lipinski definition) is 3. The molecule has 2 heterocycles. The number of aromatic nitrogens is 2. The van der Waals surface area contributed by atoms with Crippen molar-refractivity contribution in [2.45, 2.75) is 0 Å². The average molecular weight is 170 g/mol. The number of furan rings is 1. The van der Waals surface area contributed by atoms with Gasteiger partial charge in [0.25, 0.3) is 6.20 Å². The fourth-order valence-corrected chi connectivity index (χ4v) is 1.02. The van der Waals surface area contributed by atoms with Gasteiger partial charge in [-0.15, -0.1) is 0 Å². The van der Waals surface area contributed by atoms with Gasteiger partial charge in [0.1, 0.15) is 5.69 Å². The SMILES string of the molecule is Nc1oc2c[n+]([O-])n(O)c2c1N. The summed E-state index contributed by atoms with van der Waals surface area (Å²) in [6.45, 7) is 0. The smallest absolute Gasteiger partial charge is 0.256 e. The highest BCUT2D eigenvalue weighted by atomic mass is 16.6. The molecule has 0 atom stereocenters. The highest BCUT2D eigenvalue weighted by Crippen LogP contribution is 2.28. The zero-order valence-electron chi connectivity index (χ0n) is 5.89. The molecule has 0 saturated carbocycles. The van der Waals surface area contributed by atoms with Crippen LogP contribution in [0.15, 0.2) is 10.6 Å². The van der Waals surface area contributed by atoms with E-state index in [-0.39, 0.29) is 27.5 Å². The Morgan fingerprint density at radius 2 is 2.25 bits per heavy atom. The number of rotatable bonds is 0. The van der Waals surface area contributed by atoms with Crippen LogP contribution < -0.4 is 16.3 Å². The summed E-state index contributed by atoms with van der Waals surface area (Å²) < 4.78 is 4.85. The minimum atomic E-state index is -0.0107. The van der Waals surface area contributed by atoms with Gasteiger partial charge in [0.15, 0.2) is 0 Å². The lowest BCUT2D eigenvalue weighted by atomic mass is 10.4. The molecule has 7 nitrogen and oxygen atoms in total. The van der Waals surface area contributed by atoms with Crippen molar-refractivity contribution in [3.8, 4) is 0 Å². The summed E-state index contributed by atoms with van der Waals surface area (Å²) in [5.41, 5.74) is 11.0. The lowest BCUT2D eigenvalue weighted by Gasteiger charge is -1.93. The van der Waals surface area contributed by atoms with Crippen LogP contribution >= 0.6 is 0 Å². The molecular weight excluding hydrogens is 164 g/mol. The van der Waals surface area contributed by atoms with E-state index in [0.29, 0.717) is 4.85 Å². The molecule has 2 rings (SSSR count). The molecular formula is C5H6N4O3. The average Bonchev–Trinajstić information content (AvgIpc) is 2.40. The van der Waals surface area contributed by atoms with Crippen molar-refractivity contribution in [3.05, 3.63) is 11.4 Å². The van der Waals surface area contributed by atoms with Crippen LogP contribution in [0.25, 0.3) is 11.1 Å². The second kappa shape index (κ2) is 1.76. The summed E-state index contributed by atoms with van der Waals surface area (Å²) in [6, 6.07) is 0. The van der Waals surface area contributed by atoms with Gasteiger partial charge < -0.3 is 26.3 Å². The molecule has 0 aliphatic heterocycles. The van der Waals surface area contributed by atoms with Crippen molar-refractivity contribution < 1.29 is 14.5 Å². The summed E-state index contributed by atoms with van der Waals surface area (Å²) >= 11 is 0. The van der Waals surface area contributed by atoms with Crippen molar-refractivity contribution in [1.29, 1.82) is 0 Å². The van der Waals surface area contributed by atoms with Gasteiger partial charge in [-0.3, -0.25) is 0 Å². The molecule has 0 saturated heterocycles. The van der Waals surface area contributed by atoms with Crippen LogP contribution in [0.4, 0.5) is 11.6 Å². The third kappa shape index (κ3) is 0.570. The maximum Gasteiger partial charge on any atom is 0.256 e. The largest absolute Gasteiger partial charge is 0.593 e. The lowest BCUT2D eigenvalue weighted by Crippen LogP contribution is -2.35. The molecule has 0 fully saturated rings. The Hall–Kier alpha value is -2.05. The second-order valence-electron chi connectivity index (χ2n) is 2.31. The Balaban J connectivity index is 2.94. The number of hydrogen-bond acceptors (Lipinski definition) is 5. The van der Waals surface area contributed by atoms with Crippen molar-refractivity contribution in [3.63, 3.8) is 0 Å². The molecule has 0 spiro atoms. The van der Waals surface area contributed by atoms with E-state index in [4.69, 9.17) is 21.1 Å². The minimum absolute atomic E-state index is 0.0107. The maximum absolute atomic E-state index is 10.7. The van der Waals surface area contributed by atoms with Crippen molar-refractivity contribution in [1.82, 2.24) is 4.85 Å². The second-order valence-corrected chi connectivity index (χ2v) is 2.31. The van der Waals surface area contributed by atoms with Crippen LogP contribution in [0.5, 0.6) is 0 Å². The maximum atomic E-state index is 10.7. The summed E-state index contributed by atoms with van der Waals surface area (Å²) in [7, 11) is 0. The predicted molar refractivity (Wildman–Crippen MR) is 39.2 cm³/mol. The molecule has 2 aromatic heterocycles. The first kappa shape index (κ1) is 6.65. The molecule has 0 radical (unpaired) electrons. The molecule has 5 N–H and O–H groups in total. The Morgan fingerprint density at radius 1 is 1.58 bits per heavy atom. The van der Waals surface area contributed by atoms with Gasteiger partial charge >= 0.3 is 0 Å². The van der Waals surface area contributed by atoms with Crippen LogP contribution in [-0.2, 0) is 0 Å². The quantitative estimate of drug-likeness (QED) is 0.273. The summed E-state index contributed by atoms with van der Waals surface area (Å²) in [4.78, 5) is 0.508. The lowest BCUT2D eigenvalue weighted by molar-refractivity contribution is -0.722. The Morgan fingerprint density at radius 3 is 2.83 bits per heavy atom. The first-order chi connectivity index (χ1) is 5.61. The number of nitrogen functional groups attached to an aromatic ring is 2. The van der Waals surface area contributed by atoms with Crippen LogP contribution in [-0.4, -0.2) is 10.1 Å². The fourth-order valence-electron chi connectivity index (χ4n) is 1.02. The Labute approximate surface area is 65.9 Å². The predicted octanol–water partition coefficient (Wildman–Crippen LogP) is -0.731.